The van der Waals surface area contributed by atoms with Crippen molar-refractivity contribution in [1.82, 2.24) is 0 Å². The number of carbonyl (C=O) groups is 2. The first kappa shape index (κ1) is 26.8. The molecule has 0 radical (unpaired) electrons. The summed E-state index contributed by atoms with van der Waals surface area (Å²) in [6, 6.07) is 22.9. The number of fused-ring (bicyclic) bond motifs is 1. The fourth-order valence-electron chi connectivity index (χ4n) is 4.18. The molecule has 198 valence electrons. The van der Waals surface area contributed by atoms with Gasteiger partial charge in [0.1, 0.15) is 29.4 Å². The number of para-hydroxylation sites is 1. The summed E-state index contributed by atoms with van der Waals surface area (Å²) in [7, 11) is 1.63. The van der Waals surface area contributed by atoms with E-state index in [-0.39, 0.29) is 30.6 Å². The highest BCUT2D eigenvalue weighted by Crippen LogP contribution is 2.36. The number of nitrogens with one attached hydrogen (secondary N) is 1. The van der Waals surface area contributed by atoms with E-state index in [0.717, 1.165) is 28.0 Å². The number of carbonyl (C=O) groups excluding carboxylic acids is 1. The normalized spacial score (nSPS) is 11.9. The molecule has 0 saturated heterocycles. The molecule has 0 saturated carbocycles. The molecule has 0 bridgehead atoms. The highest BCUT2D eigenvalue weighted by atomic mass is 16.5. The molecule has 0 amide bonds. The maximum absolute atomic E-state index is 12.3. The zero-order valence-corrected chi connectivity index (χ0v) is 21.9. The van der Waals surface area contributed by atoms with E-state index in [0.29, 0.717) is 30.1 Å². The molecule has 0 fully saturated rings. The maximum atomic E-state index is 12.3. The van der Waals surface area contributed by atoms with E-state index >= 15 is 0 Å². The Labute approximate surface area is 222 Å². The highest BCUT2D eigenvalue weighted by molar-refractivity contribution is 5.96. The lowest BCUT2D eigenvalue weighted by Crippen LogP contribution is -2.32. The third-order valence-electron chi connectivity index (χ3n) is 6.45. The van der Waals surface area contributed by atoms with E-state index in [2.05, 4.69) is 19.2 Å². The van der Waals surface area contributed by atoms with Crippen molar-refractivity contribution in [3.63, 3.8) is 0 Å². The second-order valence-corrected chi connectivity index (χ2v) is 9.56. The number of methoxy groups -OCH3 is 1. The molecule has 2 N–H and O–H groups in total. The van der Waals surface area contributed by atoms with Crippen LogP contribution in [0.4, 0.5) is 5.69 Å². The molecule has 3 aromatic carbocycles. The number of hydrogen-bond donors (Lipinski definition) is 2. The van der Waals surface area contributed by atoms with Gasteiger partial charge in [-0.05, 0) is 60.9 Å². The Kier molecular flexibility index (Phi) is 8.69. The Bertz CT molecular complexity index is 1360. The number of Topliss-reactive ketones (excluding diaryl/α,β-unsaturated/α-hetero) is 1. The molecular weight excluding hydrogens is 482 g/mol. The number of ketones is 1. The number of benzene rings is 3. The predicted molar refractivity (Wildman–Crippen MR) is 148 cm³/mol. The Balaban J connectivity index is 1.39. The molecular formula is C31H33NO6. The fraction of sp³-hybridized carbons (Fsp3) is 0.290. The number of furan rings is 1. The molecule has 1 atom stereocenters. The van der Waals surface area contributed by atoms with E-state index in [1.807, 2.05) is 60.7 Å². The van der Waals surface area contributed by atoms with Gasteiger partial charge in [0.15, 0.2) is 5.78 Å². The monoisotopic (exact) mass is 515 g/mol. The van der Waals surface area contributed by atoms with Crippen molar-refractivity contribution >= 4 is 28.4 Å². The topological polar surface area (TPSA) is 98.0 Å². The number of rotatable bonds is 13. The smallest absolute Gasteiger partial charge is 0.303 e. The molecule has 0 aliphatic carbocycles. The first-order valence-electron chi connectivity index (χ1n) is 12.8. The molecule has 38 heavy (non-hydrogen) atoms. The van der Waals surface area contributed by atoms with Gasteiger partial charge in [-0.25, -0.2) is 0 Å². The van der Waals surface area contributed by atoms with Crippen molar-refractivity contribution < 1.29 is 28.6 Å². The Morgan fingerprint density at radius 3 is 2.42 bits per heavy atom. The minimum Gasteiger partial charge on any atom is -0.496 e. The van der Waals surface area contributed by atoms with Gasteiger partial charge in [-0.15, -0.1) is 0 Å². The summed E-state index contributed by atoms with van der Waals surface area (Å²) in [5, 5.41) is 13.3. The zero-order chi connectivity index (χ0) is 27.1. The van der Waals surface area contributed by atoms with E-state index in [4.69, 9.17) is 19.0 Å². The van der Waals surface area contributed by atoms with Crippen LogP contribution in [-0.2, 0) is 4.79 Å². The van der Waals surface area contributed by atoms with Crippen molar-refractivity contribution in [2.75, 3.05) is 19.0 Å². The maximum Gasteiger partial charge on any atom is 0.303 e. The van der Waals surface area contributed by atoms with E-state index < -0.39 is 5.97 Å². The summed E-state index contributed by atoms with van der Waals surface area (Å²) in [5.41, 5.74) is 3.14. The van der Waals surface area contributed by atoms with Crippen LogP contribution in [0.3, 0.4) is 0 Å². The van der Waals surface area contributed by atoms with Crippen LogP contribution in [-0.4, -0.2) is 36.6 Å². The summed E-state index contributed by atoms with van der Waals surface area (Å²) in [6.45, 7) is 4.67. The Morgan fingerprint density at radius 2 is 1.74 bits per heavy atom. The van der Waals surface area contributed by atoms with Crippen LogP contribution in [0.5, 0.6) is 11.5 Å². The summed E-state index contributed by atoms with van der Waals surface area (Å²) in [5.74, 6) is 1.43. The molecule has 0 aliphatic rings. The van der Waals surface area contributed by atoms with Crippen LogP contribution >= 0.6 is 0 Å². The van der Waals surface area contributed by atoms with Gasteiger partial charge in [0, 0.05) is 35.5 Å². The van der Waals surface area contributed by atoms with Crippen molar-refractivity contribution in [3.8, 4) is 22.8 Å². The summed E-state index contributed by atoms with van der Waals surface area (Å²) in [6.07, 6.45) is 0.557. The van der Waals surface area contributed by atoms with Gasteiger partial charge >= 0.3 is 5.97 Å². The lowest BCUT2D eigenvalue weighted by Gasteiger charge is -2.24. The minimum absolute atomic E-state index is 0.00401. The zero-order valence-electron chi connectivity index (χ0n) is 21.9. The number of hydrogen-bond acceptors (Lipinski definition) is 6. The molecule has 0 spiro atoms. The number of anilines is 1. The molecule has 1 aromatic heterocycles. The van der Waals surface area contributed by atoms with E-state index in [1.165, 1.54) is 0 Å². The highest BCUT2D eigenvalue weighted by Gasteiger charge is 2.17. The third kappa shape index (κ3) is 6.73. The van der Waals surface area contributed by atoms with Crippen molar-refractivity contribution in [2.24, 2.45) is 5.92 Å². The third-order valence-corrected chi connectivity index (χ3v) is 6.45. The van der Waals surface area contributed by atoms with Gasteiger partial charge in [-0.1, -0.05) is 32.0 Å². The quantitative estimate of drug-likeness (QED) is 0.184. The molecule has 1 heterocycles. The van der Waals surface area contributed by atoms with Crippen LogP contribution in [0.25, 0.3) is 22.3 Å². The standard InChI is InChI=1S/C31H33NO6/c1-20(2)26(32-23-13-11-21(12-14-23)27(33)8-6-10-31(34)35)19-37-24-15-16-25(29(18-24)36-3)30-17-22-7-4-5-9-28(22)38-30/h4-5,7,9,11-18,20,26,32H,6,8,10,19H2,1-3H3,(H,34,35)/t26-/m1/s1. The lowest BCUT2D eigenvalue weighted by atomic mass is 10.0. The van der Waals surface area contributed by atoms with Crippen LogP contribution in [0.1, 0.15) is 43.5 Å². The lowest BCUT2D eigenvalue weighted by molar-refractivity contribution is -0.137. The molecule has 7 heteroatoms. The number of carboxylic acid groups (broad SMARTS) is 1. The summed E-state index contributed by atoms with van der Waals surface area (Å²) >= 11 is 0. The van der Waals surface area contributed by atoms with Gasteiger partial charge in [0.25, 0.3) is 0 Å². The van der Waals surface area contributed by atoms with Gasteiger partial charge in [0.2, 0.25) is 0 Å². The Hall–Kier alpha value is -4.26. The molecule has 0 unspecified atom stereocenters. The number of ether oxygens (including phenoxy) is 2. The number of aliphatic carboxylic acids is 1. The van der Waals surface area contributed by atoms with Crippen LogP contribution in [0.2, 0.25) is 0 Å². The first-order chi connectivity index (χ1) is 18.3. The molecule has 4 aromatic rings. The minimum atomic E-state index is -0.889. The van der Waals surface area contributed by atoms with Crippen molar-refractivity contribution in [1.29, 1.82) is 0 Å². The SMILES string of the molecule is COc1cc(OC[C@@H](Nc2ccc(C(=O)CCCC(=O)O)cc2)C(C)C)ccc1-c1cc2ccccc2o1. The summed E-state index contributed by atoms with van der Waals surface area (Å²) < 4.78 is 17.8. The van der Waals surface area contributed by atoms with Crippen molar-refractivity contribution in [3.05, 3.63) is 78.4 Å². The molecule has 0 aliphatic heterocycles. The van der Waals surface area contributed by atoms with E-state index in [9.17, 15) is 9.59 Å². The van der Waals surface area contributed by atoms with Gasteiger partial charge in [-0.2, -0.15) is 0 Å². The number of carboxylic acids is 1. The van der Waals surface area contributed by atoms with Crippen LogP contribution < -0.4 is 14.8 Å². The second-order valence-electron chi connectivity index (χ2n) is 9.56. The molecule has 7 nitrogen and oxygen atoms in total. The van der Waals surface area contributed by atoms with E-state index in [1.54, 1.807) is 19.2 Å². The predicted octanol–water partition coefficient (Wildman–Crippen LogP) is 7.06. The van der Waals surface area contributed by atoms with Gasteiger partial charge in [0.05, 0.1) is 18.7 Å². The van der Waals surface area contributed by atoms with Gasteiger partial charge < -0.3 is 24.3 Å². The second kappa shape index (κ2) is 12.3. The van der Waals surface area contributed by atoms with Crippen LogP contribution in [0, 0.1) is 5.92 Å². The average Bonchev–Trinajstić information content (AvgIpc) is 3.35. The first-order valence-corrected chi connectivity index (χ1v) is 12.8. The Morgan fingerprint density at radius 1 is 0.974 bits per heavy atom. The molecule has 4 rings (SSSR count). The van der Waals surface area contributed by atoms with Crippen LogP contribution in [0.15, 0.2) is 77.2 Å². The van der Waals surface area contributed by atoms with Gasteiger partial charge in [-0.3, -0.25) is 9.59 Å². The fourth-order valence-corrected chi connectivity index (χ4v) is 4.18. The summed E-state index contributed by atoms with van der Waals surface area (Å²) in [4.78, 5) is 23.0. The average molecular weight is 516 g/mol. The largest absolute Gasteiger partial charge is 0.496 e. The van der Waals surface area contributed by atoms with Crippen molar-refractivity contribution in [2.45, 2.75) is 39.2 Å².